The first-order valence-electron chi connectivity index (χ1n) is 12.4. The van der Waals surface area contributed by atoms with Crippen LogP contribution >= 0.6 is 0 Å². The summed E-state index contributed by atoms with van der Waals surface area (Å²) in [5, 5.41) is 7.91. The second-order valence-corrected chi connectivity index (χ2v) is 10.8. The molecule has 4 rings (SSSR count). The lowest BCUT2D eigenvalue weighted by atomic mass is 9.45. The van der Waals surface area contributed by atoms with Gasteiger partial charge < -0.3 is 10.2 Å². The molecule has 0 aromatic carbocycles. The van der Waals surface area contributed by atoms with Crippen LogP contribution in [-0.4, -0.2) is 31.2 Å². The summed E-state index contributed by atoms with van der Waals surface area (Å²) in [5.41, 5.74) is 1.75. The number of nitrogens with one attached hydrogen (secondary N) is 1. The summed E-state index contributed by atoms with van der Waals surface area (Å²) in [7, 11) is 0. The molecule has 4 nitrogen and oxygen atoms in total. The van der Waals surface area contributed by atoms with E-state index < -0.39 is 0 Å². The summed E-state index contributed by atoms with van der Waals surface area (Å²) < 4.78 is 0. The predicted molar refractivity (Wildman–Crippen MR) is 118 cm³/mol. The van der Waals surface area contributed by atoms with E-state index in [1.54, 1.807) is 0 Å². The van der Waals surface area contributed by atoms with E-state index in [1.165, 1.54) is 31.4 Å². The normalized spacial score (nSPS) is 43.0. The van der Waals surface area contributed by atoms with Gasteiger partial charge in [-0.2, -0.15) is 0 Å². The summed E-state index contributed by atoms with van der Waals surface area (Å²) in [6.45, 7) is 9.87. The topological polar surface area (TPSA) is 50.7 Å². The van der Waals surface area contributed by atoms with Crippen LogP contribution in [0.4, 0.5) is 0 Å². The Balaban J connectivity index is 1.33. The summed E-state index contributed by atoms with van der Waals surface area (Å²) in [6.07, 6.45) is 12.8. The Morgan fingerprint density at radius 3 is 2.76 bits per heavy atom. The third-order valence-electron chi connectivity index (χ3n) is 9.49. The molecule has 0 bridgehead atoms. The largest absolute Gasteiger partial charge is 0.396 e. The molecule has 164 valence electrons. The molecule has 0 saturated heterocycles. The van der Waals surface area contributed by atoms with Crippen LogP contribution in [-0.2, 0) is 9.63 Å². The van der Waals surface area contributed by atoms with Crippen LogP contribution in [0.15, 0.2) is 5.16 Å². The van der Waals surface area contributed by atoms with Gasteiger partial charge in [0.15, 0.2) is 0 Å². The van der Waals surface area contributed by atoms with Crippen molar-refractivity contribution in [1.29, 1.82) is 0 Å². The minimum atomic E-state index is 0.00609. The number of carbonyl (C=O) groups is 1. The number of nitrogens with zero attached hydrogens (tertiary/aromatic N) is 1. The molecule has 0 heterocycles. The summed E-state index contributed by atoms with van der Waals surface area (Å²) in [6, 6.07) is 0. The van der Waals surface area contributed by atoms with Gasteiger partial charge >= 0.3 is 0 Å². The fraction of sp³-hybridized carbons (Fsp3) is 0.920. The second-order valence-electron chi connectivity index (χ2n) is 10.8. The molecule has 0 aliphatic heterocycles. The highest BCUT2D eigenvalue weighted by molar-refractivity contribution is 5.87. The predicted octanol–water partition coefficient (Wildman–Crippen LogP) is 5.36. The molecule has 4 heteroatoms. The molecule has 4 saturated carbocycles. The van der Waals surface area contributed by atoms with Crippen molar-refractivity contribution in [3.8, 4) is 0 Å². The molecule has 0 aromatic heterocycles. The van der Waals surface area contributed by atoms with E-state index in [4.69, 9.17) is 4.84 Å². The standard InChI is InChI=1S/C25H42N2O2/c1-4-26-15-5-6-16-29-27-19-11-13-24(2)18(17-19)7-8-20-21-9-10-23(28)25(21,3)14-12-22(20)24/h18,20-22,26H,4-17H2,1-3H3. The number of rotatable bonds is 7. The van der Waals surface area contributed by atoms with Crippen LogP contribution in [0.5, 0.6) is 0 Å². The van der Waals surface area contributed by atoms with E-state index in [2.05, 4.69) is 31.2 Å². The van der Waals surface area contributed by atoms with Crippen LogP contribution < -0.4 is 5.32 Å². The lowest BCUT2D eigenvalue weighted by molar-refractivity contribution is -0.137. The molecule has 4 aliphatic rings. The first-order valence-corrected chi connectivity index (χ1v) is 12.4. The summed E-state index contributed by atoms with van der Waals surface area (Å²) >= 11 is 0. The highest BCUT2D eigenvalue weighted by atomic mass is 16.6. The molecule has 0 aromatic rings. The number of unbranched alkanes of at least 4 members (excludes halogenated alkanes) is 1. The number of fused-ring (bicyclic) bond motifs is 5. The number of ketones is 1. The molecule has 6 atom stereocenters. The molecule has 4 aliphatic carbocycles. The first-order chi connectivity index (χ1) is 14.0. The molecule has 0 radical (unpaired) electrons. The van der Waals surface area contributed by atoms with E-state index in [0.717, 1.165) is 82.4 Å². The molecular weight excluding hydrogens is 360 g/mol. The Morgan fingerprint density at radius 1 is 1.07 bits per heavy atom. The van der Waals surface area contributed by atoms with Gasteiger partial charge in [-0.05, 0) is 106 Å². The average Bonchev–Trinajstić information content (AvgIpc) is 3.02. The highest BCUT2D eigenvalue weighted by Gasteiger charge is 2.60. The quantitative estimate of drug-likeness (QED) is 0.461. The summed E-state index contributed by atoms with van der Waals surface area (Å²) in [5.74, 6) is 3.59. The molecule has 29 heavy (non-hydrogen) atoms. The zero-order chi connectivity index (χ0) is 20.5. The molecular formula is C25H42N2O2. The summed E-state index contributed by atoms with van der Waals surface area (Å²) in [4.78, 5) is 18.3. The smallest absolute Gasteiger partial charge is 0.139 e. The van der Waals surface area contributed by atoms with Crippen LogP contribution in [0.2, 0.25) is 0 Å². The van der Waals surface area contributed by atoms with E-state index in [0.29, 0.717) is 17.1 Å². The maximum atomic E-state index is 12.6. The Labute approximate surface area is 177 Å². The monoisotopic (exact) mass is 402 g/mol. The zero-order valence-corrected chi connectivity index (χ0v) is 19.0. The number of Topliss-reactive ketones (excluding diaryl/α,β-unsaturated/α-hetero) is 1. The van der Waals surface area contributed by atoms with Crippen molar-refractivity contribution in [3.05, 3.63) is 0 Å². The third-order valence-corrected chi connectivity index (χ3v) is 9.49. The minimum Gasteiger partial charge on any atom is -0.396 e. The fourth-order valence-electron chi connectivity index (χ4n) is 7.64. The van der Waals surface area contributed by atoms with Gasteiger partial charge in [0.1, 0.15) is 12.4 Å². The fourth-order valence-corrected chi connectivity index (χ4v) is 7.64. The Kier molecular flexibility index (Phi) is 6.39. The van der Waals surface area contributed by atoms with Crippen molar-refractivity contribution < 1.29 is 9.63 Å². The van der Waals surface area contributed by atoms with Crippen LogP contribution in [0, 0.1) is 34.5 Å². The van der Waals surface area contributed by atoms with Crippen molar-refractivity contribution in [1.82, 2.24) is 5.32 Å². The van der Waals surface area contributed by atoms with E-state index in [-0.39, 0.29) is 5.41 Å². The van der Waals surface area contributed by atoms with Crippen LogP contribution in [0.1, 0.15) is 91.4 Å². The van der Waals surface area contributed by atoms with Crippen molar-refractivity contribution in [2.45, 2.75) is 91.4 Å². The van der Waals surface area contributed by atoms with Crippen molar-refractivity contribution in [2.24, 2.45) is 39.7 Å². The molecule has 4 fully saturated rings. The molecule has 6 unspecified atom stereocenters. The minimum absolute atomic E-state index is 0.00609. The Bertz CT molecular complexity index is 632. The first kappa shape index (κ1) is 21.3. The number of hydrogen-bond acceptors (Lipinski definition) is 4. The number of carbonyl (C=O) groups excluding carboxylic acids is 1. The van der Waals surface area contributed by atoms with Crippen molar-refractivity contribution in [3.63, 3.8) is 0 Å². The van der Waals surface area contributed by atoms with Crippen LogP contribution in [0.25, 0.3) is 0 Å². The molecule has 0 spiro atoms. The highest BCUT2D eigenvalue weighted by Crippen LogP contribution is 2.65. The Hall–Kier alpha value is -0.900. The van der Waals surface area contributed by atoms with Gasteiger partial charge in [-0.25, -0.2) is 0 Å². The number of oxime groups is 1. The molecule has 0 amide bonds. The maximum absolute atomic E-state index is 12.6. The van der Waals surface area contributed by atoms with Gasteiger partial charge in [0, 0.05) is 11.8 Å². The van der Waals surface area contributed by atoms with Gasteiger partial charge in [-0.3, -0.25) is 4.79 Å². The lowest BCUT2D eigenvalue weighted by Crippen LogP contribution is -2.53. The van der Waals surface area contributed by atoms with Gasteiger partial charge in [0.2, 0.25) is 0 Å². The van der Waals surface area contributed by atoms with E-state index in [1.807, 2.05) is 0 Å². The lowest BCUT2D eigenvalue weighted by Gasteiger charge is -2.59. The second kappa shape index (κ2) is 8.69. The zero-order valence-electron chi connectivity index (χ0n) is 19.0. The van der Waals surface area contributed by atoms with E-state index >= 15 is 0 Å². The van der Waals surface area contributed by atoms with Gasteiger partial charge in [0.25, 0.3) is 0 Å². The van der Waals surface area contributed by atoms with Gasteiger partial charge in [0.05, 0.1) is 5.71 Å². The third kappa shape index (κ3) is 3.91. The maximum Gasteiger partial charge on any atom is 0.139 e. The van der Waals surface area contributed by atoms with Gasteiger partial charge in [-0.15, -0.1) is 0 Å². The van der Waals surface area contributed by atoms with E-state index in [9.17, 15) is 4.79 Å². The average molecular weight is 403 g/mol. The van der Waals surface area contributed by atoms with Crippen LogP contribution in [0.3, 0.4) is 0 Å². The Morgan fingerprint density at radius 2 is 1.93 bits per heavy atom. The SMILES string of the molecule is CCNCCCCON=C1CCC2(C)C(CCC3C4CCC(=O)C4(C)CCC32)C1. The van der Waals surface area contributed by atoms with Gasteiger partial charge in [-0.1, -0.05) is 25.9 Å². The van der Waals surface area contributed by atoms with Crippen molar-refractivity contribution in [2.75, 3.05) is 19.7 Å². The molecule has 1 N–H and O–H groups in total. The van der Waals surface area contributed by atoms with Crippen molar-refractivity contribution >= 4 is 11.5 Å². The number of hydrogen-bond donors (Lipinski definition) is 1.